The topological polar surface area (TPSA) is 171 Å². The molecule has 4 N–H and O–H groups in total. The van der Waals surface area contributed by atoms with Gasteiger partial charge >= 0.3 is 5.97 Å². The third-order valence-electron chi connectivity index (χ3n) is 4.04. The maximum Gasteiger partial charge on any atom is 0.352 e. The average molecular weight is 435 g/mol. The molecule has 29 heavy (non-hydrogen) atoms. The minimum atomic E-state index is -1.24. The van der Waals surface area contributed by atoms with E-state index in [-0.39, 0.29) is 23.7 Å². The molecule has 0 saturated carbocycles. The largest absolute Gasteiger partial charge is 0.477 e. The van der Waals surface area contributed by atoms with Gasteiger partial charge in [0.1, 0.15) is 23.2 Å². The number of nitrogens with two attached hydrogens (primary N) is 1. The van der Waals surface area contributed by atoms with Gasteiger partial charge in [-0.2, -0.15) is 10.2 Å². The number of fused-ring (bicyclic) bond motifs is 1. The van der Waals surface area contributed by atoms with Crippen LogP contribution in [0.15, 0.2) is 40.0 Å². The molecule has 2 aliphatic rings. The van der Waals surface area contributed by atoms with Gasteiger partial charge in [-0.05, 0) is 5.57 Å². The molecule has 3 heterocycles. The second-order valence-electron chi connectivity index (χ2n) is 5.76. The highest BCUT2D eigenvalue weighted by Crippen LogP contribution is 2.40. The molecule has 11 nitrogen and oxygen atoms in total. The van der Waals surface area contributed by atoms with E-state index in [1.54, 1.807) is 6.07 Å². The van der Waals surface area contributed by atoms with Crippen LogP contribution in [0.5, 0.6) is 0 Å². The van der Waals surface area contributed by atoms with Crippen molar-refractivity contribution in [1.29, 1.82) is 5.26 Å². The lowest BCUT2D eigenvalue weighted by Crippen LogP contribution is -2.71. The zero-order valence-corrected chi connectivity index (χ0v) is 16.4. The number of aliphatic carboxylic acids is 1. The van der Waals surface area contributed by atoms with Gasteiger partial charge in [0.25, 0.3) is 17.3 Å². The van der Waals surface area contributed by atoms with E-state index in [0.717, 1.165) is 4.90 Å². The number of carboxylic acid groups (broad SMARTS) is 1. The Morgan fingerprint density at radius 1 is 1.66 bits per heavy atom. The second-order valence-corrected chi connectivity index (χ2v) is 8.13. The molecule has 3 atom stereocenters. The molecule has 0 aromatic carbocycles. The summed E-state index contributed by atoms with van der Waals surface area (Å²) < 4.78 is 0. The van der Waals surface area contributed by atoms with E-state index in [9.17, 15) is 19.5 Å². The number of carbonyl (C=O) groups is 3. The molecule has 0 radical (unpaired) electrons. The molecule has 2 aliphatic heterocycles. The van der Waals surface area contributed by atoms with Crippen molar-refractivity contribution in [3.63, 3.8) is 0 Å². The van der Waals surface area contributed by atoms with Gasteiger partial charge in [-0.15, -0.1) is 16.9 Å². The van der Waals surface area contributed by atoms with E-state index >= 15 is 0 Å². The van der Waals surface area contributed by atoms with Crippen molar-refractivity contribution in [2.45, 2.75) is 11.4 Å². The van der Waals surface area contributed by atoms with Crippen LogP contribution in [0, 0.1) is 11.3 Å². The van der Waals surface area contributed by atoms with Gasteiger partial charge < -0.3 is 15.3 Å². The number of hydrogen-bond donors (Lipinski definition) is 3. The number of thioether (sulfide) groups is 1. The second kappa shape index (κ2) is 8.43. The van der Waals surface area contributed by atoms with Crippen molar-refractivity contribution in [2.24, 2.45) is 5.16 Å². The summed E-state index contributed by atoms with van der Waals surface area (Å²) in [6.07, 6.45) is 1.40. The fourth-order valence-electron chi connectivity index (χ4n) is 2.76. The summed E-state index contributed by atoms with van der Waals surface area (Å²) >= 11 is 1.31. The van der Waals surface area contributed by atoms with E-state index in [2.05, 4.69) is 22.0 Å². The van der Waals surface area contributed by atoms with Crippen LogP contribution in [0.4, 0.5) is 0 Å². The highest BCUT2D eigenvalue weighted by atomic mass is 32.2. The van der Waals surface area contributed by atoms with E-state index < -0.39 is 39.9 Å². The van der Waals surface area contributed by atoms with Crippen LogP contribution < -0.4 is 10.5 Å². The number of nitrogens with zero attached hydrogens (tertiary/aromatic N) is 4. The summed E-state index contributed by atoms with van der Waals surface area (Å²) in [5, 5.41) is 30.8. The van der Waals surface area contributed by atoms with E-state index in [0.29, 0.717) is 11.3 Å². The van der Waals surface area contributed by atoms with Crippen molar-refractivity contribution in [3.05, 3.63) is 40.5 Å². The molecule has 1 saturated heterocycles. The van der Waals surface area contributed by atoms with Crippen molar-refractivity contribution in [3.8, 4) is 6.07 Å². The highest BCUT2D eigenvalue weighted by Gasteiger charge is 2.54. The summed E-state index contributed by atoms with van der Waals surface area (Å²) in [5.41, 5.74) is 1.65. The number of nitriles is 1. The first-order valence-electron chi connectivity index (χ1n) is 8.03. The maximum absolute atomic E-state index is 12.7. The molecule has 0 spiro atoms. The Hall–Kier alpha value is -3.21. The fourth-order valence-corrected chi connectivity index (χ4v) is 4.83. The lowest BCUT2D eigenvalue weighted by Gasteiger charge is -2.49. The zero-order chi connectivity index (χ0) is 21.1. The third-order valence-corrected chi connectivity index (χ3v) is 6.18. The Kier molecular flexibility index (Phi) is 5.97. The molecule has 2 amide bonds. The predicted molar refractivity (Wildman–Crippen MR) is 105 cm³/mol. The monoisotopic (exact) mass is 435 g/mol. The molecular formula is C16H15N6O5S2+. The number of oxime groups is 1. The standard InChI is InChI=1S/C16H14N6O5S2/c1-2-8-5-28-15-11(14(24)22(15)12(8)16(25)26)20-13(23)10(21-27-4-3-17)9-6-29(18)7-19-9/h2,6-7,11,15H,1,4-5,18H2,(H-,20,23,25,26)/p+1/t11?,15-,29?/m1/s1. The van der Waals surface area contributed by atoms with Crippen LogP contribution in [0.1, 0.15) is 5.69 Å². The first-order valence-corrected chi connectivity index (χ1v) is 10.5. The predicted octanol–water partition coefficient (Wildman–Crippen LogP) is -0.287. The normalized spacial score (nSPS) is 21.7. The number of allylic oxidation sites excluding steroid dienone is 1. The van der Waals surface area contributed by atoms with Gasteiger partial charge in [-0.1, -0.05) is 17.8 Å². The van der Waals surface area contributed by atoms with E-state index in [1.807, 2.05) is 0 Å². The van der Waals surface area contributed by atoms with Gasteiger partial charge in [-0.3, -0.25) is 14.5 Å². The minimum absolute atomic E-state index is 0.138. The molecule has 3 rings (SSSR count). The van der Waals surface area contributed by atoms with Gasteiger partial charge in [0, 0.05) is 5.75 Å². The van der Waals surface area contributed by atoms with Crippen molar-refractivity contribution in [1.82, 2.24) is 15.2 Å². The Bertz CT molecular complexity index is 994. The molecule has 1 aromatic rings. The van der Waals surface area contributed by atoms with Crippen molar-refractivity contribution < 1.29 is 24.3 Å². The Labute approximate surface area is 171 Å². The molecule has 0 bridgehead atoms. The summed E-state index contributed by atoms with van der Waals surface area (Å²) in [7, 11) is -0.772. The average Bonchev–Trinajstić information content (AvgIpc) is 3.13. The van der Waals surface area contributed by atoms with E-state index in [4.69, 9.17) is 15.2 Å². The number of amides is 2. The molecule has 150 valence electrons. The maximum atomic E-state index is 12.7. The lowest BCUT2D eigenvalue weighted by atomic mass is 10.0. The van der Waals surface area contributed by atoms with Crippen LogP contribution in [-0.4, -0.2) is 62.3 Å². The van der Waals surface area contributed by atoms with E-state index in [1.165, 1.54) is 28.7 Å². The summed E-state index contributed by atoms with van der Waals surface area (Å²) in [5.74, 6) is -2.22. The zero-order valence-electron chi connectivity index (χ0n) is 14.8. The summed E-state index contributed by atoms with van der Waals surface area (Å²) in [6.45, 7) is 3.20. The molecule has 2 unspecified atom stereocenters. The SMILES string of the molecule is C=CC1=C(C(=O)O)N2C(=O)C(NC(=O)C(=NOCC#N)c3c[s+](N)cn3)[C@H]2SC1. The number of β-lactam (4-membered cyclic amide) rings is 1. The number of carboxylic acids is 1. The number of nitrogen functional groups attached to an aromatic ring is 1. The Morgan fingerprint density at radius 2 is 2.41 bits per heavy atom. The molecule has 13 heteroatoms. The molecule has 1 aromatic heterocycles. The van der Waals surface area contributed by atoms with Gasteiger partial charge in [0.05, 0.1) is 10.7 Å². The van der Waals surface area contributed by atoms with Crippen molar-refractivity contribution in [2.75, 3.05) is 17.5 Å². The third kappa shape index (κ3) is 3.86. The molecule has 0 aliphatic carbocycles. The first-order chi connectivity index (χ1) is 13.9. The first kappa shape index (κ1) is 20.5. The number of thiazole rings is 1. The van der Waals surface area contributed by atoms with Crippen LogP contribution >= 0.6 is 22.4 Å². The molecule has 1 fully saturated rings. The number of aromatic nitrogens is 1. The summed E-state index contributed by atoms with van der Waals surface area (Å²) in [4.78, 5) is 46.7. The Morgan fingerprint density at radius 3 is 3.00 bits per heavy atom. The van der Waals surface area contributed by atoms with Crippen LogP contribution in [0.25, 0.3) is 0 Å². The van der Waals surface area contributed by atoms with Gasteiger partial charge in [0.2, 0.25) is 6.61 Å². The fraction of sp³-hybridized carbons (Fsp3) is 0.250. The number of hydrogen-bond acceptors (Lipinski definition) is 9. The smallest absolute Gasteiger partial charge is 0.352 e. The van der Waals surface area contributed by atoms with Crippen LogP contribution in [-0.2, 0) is 19.2 Å². The Balaban J connectivity index is 1.80. The number of nitrogens with one attached hydrogen (secondary N) is 1. The van der Waals surface area contributed by atoms with Gasteiger partial charge in [-0.25, -0.2) is 4.79 Å². The minimum Gasteiger partial charge on any atom is -0.477 e. The van der Waals surface area contributed by atoms with Gasteiger partial charge in [0.15, 0.2) is 16.8 Å². The lowest BCUT2D eigenvalue weighted by molar-refractivity contribution is -0.150. The number of carbonyl (C=O) groups excluding carboxylic acids is 2. The summed E-state index contributed by atoms with van der Waals surface area (Å²) in [6, 6.07) is 0.771. The quantitative estimate of drug-likeness (QED) is 0.171. The molecular weight excluding hydrogens is 420 g/mol. The van der Waals surface area contributed by atoms with Crippen LogP contribution in [0.2, 0.25) is 0 Å². The van der Waals surface area contributed by atoms with Crippen molar-refractivity contribution >= 4 is 45.9 Å². The van der Waals surface area contributed by atoms with Crippen LogP contribution in [0.3, 0.4) is 0 Å². The highest BCUT2D eigenvalue weighted by molar-refractivity contribution is 8.00. The number of rotatable bonds is 7.